The molecule has 0 bridgehead atoms. The second-order valence-electron chi connectivity index (χ2n) is 5.53. The average molecular weight is 344 g/mol. The zero-order valence-corrected chi connectivity index (χ0v) is 13.7. The van der Waals surface area contributed by atoms with E-state index in [-0.39, 0.29) is 18.7 Å². The molecule has 0 N–H and O–H groups in total. The predicted octanol–water partition coefficient (Wildman–Crippen LogP) is 2.92. The van der Waals surface area contributed by atoms with Gasteiger partial charge >= 0.3 is 5.97 Å². The Bertz CT molecular complexity index is 847. The molecule has 5 nitrogen and oxygen atoms in total. The van der Waals surface area contributed by atoms with E-state index in [1.165, 1.54) is 6.07 Å². The molecular weight excluding hydrogens is 330 g/mol. The van der Waals surface area contributed by atoms with E-state index in [1.54, 1.807) is 12.1 Å². The van der Waals surface area contributed by atoms with Crippen LogP contribution >= 0.6 is 11.6 Å². The Labute approximate surface area is 143 Å². The third kappa shape index (κ3) is 3.16. The maximum atomic E-state index is 12.1. The highest BCUT2D eigenvalue weighted by Gasteiger charge is 2.37. The van der Waals surface area contributed by atoms with Gasteiger partial charge < -0.3 is 4.74 Å². The third-order valence-electron chi connectivity index (χ3n) is 3.70. The van der Waals surface area contributed by atoms with Gasteiger partial charge in [-0.3, -0.25) is 19.3 Å². The van der Waals surface area contributed by atoms with Crippen LogP contribution in [0.15, 0.2) is 42.5 Å². The molecule has 2 aromatic rings. The minimum Gasteiger partial charge on any atom is -0.459 e. The summed E-state index contributed by atoms with van der Waals surface area (Å²) in [6.07, 6.45) is 0. The van der Waals surface area contributed by atoms with Gasteiger partial charge in [0.15, 0.2) is 0 Å². The Balaban J connectivity index is 1.69. The van der Waals surface area contributed by atoms with Gasteiger partial charge in [-0.1, -0.05) is 41.4 Å². The van der Waals surface area contributed by atoms with Crippen LogP contribution in [-0.2, 0) is 20.9 Å². The van der Waals surface area contributed by atoms with Crippen molar-refractivity contribution in [3.05, 3.63) is 64.2 Å². The fourth-order valence-electron chi connectivity index (χ4n) is 2.57. The number of anilines is 1. The van der Waals surface area contributed by atoms with E-state index in [0.29, 0.717) is 10.7 Å². The average Bonchev–Trinajstić information content (AvgIpc) is 2.78. The van der Waals surface area contributed by atoms with E-state index in [1.807, 2.05) is 31.2 Å². The molecule has 122 valence electrons. The summed E-state index contributed by atoms with van der Waals surface area (Å²) in [5.41, 5.74) is 2.51. The molecule has 0 atom stereocenters. The van der Waals surface area contributed by atoms with E-state index in [9.17, 15) is 14.4 Å². The maximum Gasteiger partial charge on any atom is 0.326 e. The lowest BCUT2D eigenvalue weighted by atomic mass is 10.1. The van der Waals surface area contributed by atoms with Crippen molar-refractivity contribution in [2.75, 3.05) is 11.4 Å². The first-order valence-electron chi connectivity index (χ1n) is 7.32. The van der Waals surface area contributed by atoms with Gasteiger partial charge in [0.2, 0.25) is 0 Å². The molecule has 1 amide bonds. The van der Waals surface area contributed by atoms with Gasteiger partial charge in [-0.15, -0.1) is 0 Å². The zero-order chi connectivity index (χ0) is 17.3. The molecule has 2 aromatic carbocycles. The van der Waals surface area contributed by atoms with Crippen LogP contribution in [0.5, 0.6) is 0 Å². The van der Waals surface area contributed by atoms with Crippen molar-refractivity contribution < 1.29 is 19.1 Å². The van der Waals surface area contributed by atoms with Gasteiger partial charge in [0.05, 0.1) is 11.3 Å². The van der Waals surface area contributed by atoms with E-state index in [0.717, 1.165) is 16.0 Å². The number of hydrogen-bond acceptors (Lipinski definition) is 4. The fourth-order valence-corrected chi connectivity index (χ4v) is 2.74. The molecule has 0 unspecified atom stereocenters. The highest BCUT2D eigenvalue weighted by atomic mass is 35.5. The van der Waals surface area contributed by atoms with Gasteiger partial charge in [0.1, 0.15) is 13.2 Å². The Morgan fingerprint density at radius 1 is 1.17 bits per heavy atom. The molecule has 1 aliphatic heterocycles. The first kappa shape index (κ1) is 16.2. The summed E-state index contributed by atoms with van der Waals surface area (Å²) in [6, 6.07) is 12.1. The largest absolute Gasteiger partial charge is 0.459 e. The van der Waals surface area contributed by atoms with Crippen molar-refractivity contribution in [2.45, 2.75) is 13.5 Å². The van der Waals surface area contributed by atoms with Crippen molar-refractivity contribution in [3.8, 4) is 0 Å². The Morgan fingerprint density at radius 3 is 2.71 bits per heavy atom. The highest BCUT2D eigenvalue weighted by molar-refractivity contribution is 6.53. The Kier molecular flexibility index (Phi) is 4.36. The molecular formula is C18H14ClNO4. The van der Waals surface area contributed by atoms with Crippen LogP contribution in [0.25, 0.3) is 0 Å². The van der Waals surface area contributed by atoms with Crippen LogP contribution in [0.3, 0.4) is 0 Å². The predicted molar refractivity (Wildman–Crippen MR) is 89.1 cm³/mol. The second kappa shape index (κ2) is 6.45. The van der Waals surface area contributed by atoms with E-state index in [2.05, 4.69) is 0 Å². The summed E-state index contributed by atoms with van der Waals surface area (Å²) < 4.78 is 5.20. The van der Waals surface area contributed by atoms with Gasteiger partial charge in [-0.2, -0.15) is 0 Å². The van der Waals surface area contributed by atoms with Gasteiger partial charge in [-0.05, 0) is 30.7 Å². The first-order chi connectivity index (χ1) is 11.5. The number of fused-ring (bicyclic) bond motifs is 1. The lowest BCUT2D eigenvalue weighted by Crippen LogP contribution is -2.35. The molecule has 1 heterocycles. The number of rotatable bonds is 4. The van der Waals surface area contributed by atoms with Gasteiger partial charge in [-0.25, -0.2) is 0 Å². The normalized spacial score (nSPS) is 13.2. The van der Waals surface area contributed by atoms with E-state index in [4.69, 9.17) is 16.3 Å². The maximum absolute atomic E-state index is 12.1. The highest BCUT2D eigenvalue weighted by Crippen LogP contribution is 2.31. The lowest BCUT2D eigenvalue weighted by molar-refractivity contribution is -0.143. The number of hydrogen-bond donors (Lipinski definition) is 0. The number of benzene rings is 2. The molecule has 0 aliphatic carbocycles. The summed E-state index contributed by atoms with van der Waals surface area (Å²) in [5.74, 6) is -2.00. The minimum atomic E-state index is -0.750. The number of nitrogens with zero attached hydrogens (tertiary/aromatic N) is 1. The molecule has 0 saturated carbocycles. The number of ketones is 1. The van der Waals surface area contributed by atoms with Crippen molar-refractivity contribution in [3.63, 3.8) is 0 Å². The van der Waals surface area contributed by atoms with Gasteiger partial charge in [0, 0.05) is 5.02 Å². The molecule has 24 heavy (non-hydrogen) atoms. The number of esters is 1. The van der Waals surface area contributed by atoms with Gasteiger partial charge in [0.25, 0.3) is 11.7 Å². The van der Waals surface area contributed by atoms with Crippen molar-refractivity contribution in [1.82, 2.24) is 0 Å². The smallest absolute Gasteiger partial charge is 0.326 e. The summed E-state index contributed by atoms with van der Waals surface area (Å²) >= 11 is 5.85. The molecule has 0 aromatic heterocycles. The fraction of sp³-hybridized carbons (Fsp3) is 0.167. The molecule has 0 radical (unpaired) electrons. The number of aryl methyl sites for hydroxylation is 1. The van der Waals surface area contributed by atoms with Crippen molar-refractivity contribution in [2.24, 2.45) is 0 Å². The topological polar surface area (TPSA) is 63.7 Å². The standard InChI is InChI=1S/C18H14ClNO4/c1-11-3-2-4-12(7-11)10-24-16(21)9-20-15-6-5-13(19)8-14(15)17(22)18(20)23/h2-8H,9-10H2,1H3. The summed E-state index contributed by atoms with van der Waals surface area (Å²) in [4.78, 5) is 37.2. The number of carbonyl (C=O) groups is 3. The SMILES string of the molecule is Cc1cccc(COC(=O)CN2C(=O)C(=O)c3cc(Cl)ccc32)c1. The van der Waals surface area contributed by atoms with Crippen LogP contribution in [0.1, 0.15) is 21.5 Å². The number of carbonyl (C=O) groups excluding carboxylic acids is 3. The Morgan fingerprint density at radius 2 is 1.96 bits per heavy atom. The van der Waals surface area contributed by atoms with Crippen LogP contribution in [0, 0.1) is 6.92 Å². The number of Topliss-reactive ketones (excluding diaryl/α,β-unsaturated/α-hetero) is 1. The molecule has 0 fully saturated rings. The van der Waals surface area contributed by atoms with Crippen LogP contribution in [0.4, 0.5) is 5.69 Å². The summed E-state index contributed by atoms with van der Waals surface area (Å²) in [7, 11) is 0. The summed E-state index contributed by atoms with van der Waals surface area (Å²) in [6.45, 7) is 1.75. The zero-order valence-electron chi connectivity index (χ0n) is 12.9. The molecule has 0 saturated heterocycles. The molecule has 3 rings (SSSR count). The number of ether oxygens (including phenoxy) is 1. The van der Waals surface area contributed by atoms with Crippen LogP contribution in [-0.4, -0.2) is 24.2 Å². The molecule has 1 aliphatic rings. The Hall–Kier alpha value is -2.66. The monoisotopic (exact) mass is 343 g/mol. The first-order valence-corrected chi connectivity index (χ1v) is 7.70. The second-order valence-corrected chi connectivity index (χ2v) is 5.97. The van der Waals surface area contributed by atoms with E-state index < -0.39 is 17.7 Å². The lowest BCUT2D eigenvalue weighted by Gasteiger charge is -2.15. The summed E-state index contributed by atoms with van der Waals surface area (Å²) in [5, 5.41) is 0.360. The van der Waals surface area contributed by atoms with E-state index >= 15 is 0 Å². The van der Waals surface area contributed by atoms with Crippen LogP contribution < -0.4 is 4.90 Å². The third-order valence-corrected chi connectivity index (χ3v) is 3.94. The van der Waals surface area contributed by atoms with Crippen molar-refractivity contribution >= 4 is 34.9 Å². The van der Waals surface area contributed by atoms with Crippen molar-refractivity contribution in [1.29, 1.82) is 0 Å². The quantitative estimate of drug-likeness (QED) is 0.632. The number of amides is 1. The van der Waals surface area contributed by atoms with Crippen LogP contribution in [0.2, 0.25) is 5.02 Å². The minimum absolute atomic E-state index is 0.115. The molecule has 6 heteroatoms. The number of halogens is 1. The molecule has 0 spiro atoms.